The van der Waals surface area contributed by atoms with Gasteiger partial charge >= 0.3 is 0 Å². The molecule has 4 heterocycles. The maximum Gasteiger partial charge on any atom is 0.255 e. The molecule has 1 saturated carbocycles. The van der Waals surface area contributed by atoms with Gasteiger partial charge in [0.2, 0.25) is 11.8 Å². The third-order valence-electron chi connectivity index (χ3n) is 14.3. The van der Waals surface area contributed by atoms with Crippen LogP contribution in [0.15, 0.2) is 48.5 Å². The molecule has 6 aliphatic rings. The maximum atomic E-state index is 16.6. The summed E-state index contributed by atoms with van der Waals surface area (Å²) in [5.41, 5.74) is 8.01. The van der Waals surface area contributed by atoms with E-state index in [0.29, 0.717) is 42.0 Å². The minimum absolute atomic E-state index is 0.0324. The molecular weight excluding hydrogens is 706 g/mol. The van der Waals surface area contributed by atoms with Crippen molar-refractivity contribution in [2.45, 2.75) is 96.1 Å². The topological polar surface area (TPSA) is 96.4 Å². The molecular formula is C46H56FN5O4. The van der Waals surface area contributed by atoms with Crippen LogP contribution in [-0.2, 0) is 22.6 Å². The maximum absolute atomic E-state index is 16.6. The molecule has 296 valence electrons. The fraction of sp³-hybridized carbons (Fsp3) is 0.543. The van der Waals surface area contributed by atoms with Crippen LogP contribution in [0.1, 0.15) is 108 Å². The zero-order valence-corrected chi connectivity index (χ0v) is 32.8. The first-order valence-electron chi connectivity index (χ1n) is 21.3. The lowest BCUT2D eigenvalue weighted by Crippen LogP contribution is -2.52. The van der Waals surface area contributed by atoms with Crippen molar-refractivity contribution in [2.75, 3.05) is 55.6 Å². The Bertz CT molecular complexity index is 1970. The highest BCUT2D eigenvalue weighted by Crippen LogP contribution is 2.50. The van der Waals surface area contributed by atoms with Gasteiger partial charge in [-0.1, -0.05) is 38.2 Å². The minimum atomic E-state index is -0.598. The van der Waals surface area contributed by atoms with Crippen LogP contribution >= 0.6 is 0 Å². The van der Waals surface area contributed by atoms with Gasteiger partial charge in [0.05, 0.1) is 0 Å². The summed E-state index contributed by atoms with van der Waals surface area (Å²) in [7, 11) is 0. The molecule has 2 aliphatic carbocycles. The third-order valence-corrected chi connectivity index (χ3v) is 14.3. The van der Waals surface area contributed by atoms with Crippen molar-refractivity contribution in [1.82, 2.24) is 15.1 Å². The number of nitrogens with zero attached hydrogens (tertiary/aromatic N) is 4. The largest absolute Gasteiger partial charge is 0.508 e. The molecule has 3 saturated heterocycles. The van der Waals surface area contributed by atoms with Gasteiger partial charge in [-0.25, -0.2) is 4.39 Å². The zero-order valence-electron chi connectivity index (χ0n) is 32.8. The molecule has 0 bridgehead atoms. The molecule has 0 radical (unpaired) electrons. The van der Waals surface area contributed by atoms with Crippen molar-refractivity contribution < 1.29 is 23.9 Å². The summed E-state index contributed by atoms with van der Waals surface area (Å²) in [4.78, 5) is 46.3. The molecule has 3 aromatic rings. The van der Waals surface area contributed by atoms with Crippen LogP contribution in [0.5, 0.6) is 5.75 Å². The molecule has 9 rings (SSSR count). The number of piperidine rings is 2. The number of amides is 3. The Labute approximate surface area is 330 Å². The number of phenolic OH excluding ortho intramolecular Hbond substituents is 1. The van der Waals surface area contributed by atoms with Crippen molar-refractivity contribution in [3.8, 4) is 5.75 Å². The molecule has 9 nitrogen and oxygen atoms in total. The van der Waals surface area contributed by atoms with E-state index in [-0.39, 0.29) is 35.9 Å². The highest BCUT2D eigenvalue weighted by molar-refractivity contribution is 6.05. The molecule has 0 spiro atoms. The van der Waals surface area contributed by atoms with Gasteiger partial charge in [-0.2, -0.15) is 0 Å². The van der Waals surface area contributed by atoms with Crippen LogP contribution in [0, 0.1) is 30.5 Å². The lowest BCUT2D eigenvalue weighted by atomic mass is 9.63. The van der Waals surface area contributed by atoms with Gasteiger partial charge in [0, 0.05) is 81.6 Å². The summed E-state index contributed by atoms with van der Waals surface area (Å²) in [6.07, 6.45) is 11.2. The van der Waals surface area contributed by atoms with Gasteiger partial charge in [-0.05, 0) is 127 Å². The molecule has 3 aromatic carbocycles. The normalized spacial score (nSPS) is 25.4. The summed E-state index contributed by atoms with van der Waals surface area (Å²) in [6, 6.07) is 15.3. The van der Waals surface area contributed by atoms with Crippen LogP contribution in [0.2, 0.25) is 0 Å². The first-order valence-corrected chi connectivity index (χ1v) is 21.3. The van der Waals surface area contributed by atoms with Crippen molar-refractivity contribution >= 4 is 29.1 Å². The number of benzene rings is 3. The van der Waals surface area contributed by atoms with Gasteiger partial charge in [0.25, 0.3) is 5.91 Å². The van der Waals surface area contributed by atoms with Crippen LogP contribution in [0.25, 0.3) is 0 Å². The second-order valence-electron chi connectivity index (χ2n) is 17.6. The Hall–Kier alpha value is -4.44. The molecule has 3 amide bonds. The van der Waals surface area contributed by atoms with Gasteiger partial charge in [-0.15, -0.1) is 0 Å². The third kappa shape index (κ3) is 7.18. The average Bonchev–Trinajstić information content (AvgIpc) is 3.53. The Morgan fingerprint density at radius 3 is 2.29 bits per heavy atom. The number of rotatable bonds is 7. The smallest absolute Gasteiger partial charge is 0.255 e. The van der Waals surface area contributed by atoms with E-state index in [1.807, 2.05) is 24.3 Å². The van der Waals surface area contributed by atoms with E-state index in [9.17, 15) is 19.5 Å². The fourth-order valence-corrected chi connectivity index (χ4v) is 11.3. The molecule has 4 fully saturated rings. The lowest BCUT2D eigenvalue weighted by molar-refractivity contribution is -0.136. The number of carbonyl (C=O) groups is 3. The van der Waals surface area contributed by atoms with Crippen molar-refractivity contribution in [3.63, 3.8) is 0 Å². The minimum Gasteiger partial charge on any atom is -0.508 e. The van der Waals surface area contributed by atoms with Crippen LogP contribution < -0.4 is 15.1 Å². The van der Waals surface area contributed by atoms with E-state index >= 15 is 4.39 Å². The predicted molar refractivity (Wildman–Crippen MR) is 216 cm³/mol. The number of aryl methyl sites for hydroxylation is 2. The number of hydrogen-bond donors (Lipinski definition) is 2. The number of carbonyl (C=O) groups excluding carboxylic acids is 3. The lowest BCUT2D eigenvalue weighted by Gasteiger charge is -2.42. The number of halogens is 1. The Kier molecular flexibility index (Phi) is 10.3. The summed E-state index contributed by atoms with van der Waals surface area (Å²) in [6.45, 7) is 9.25. The number of hydrogen-bond acceptors (Lipinski definition) is 7. The summed E-state index contributed by atoms with van der Waals surface area (Å²) >= 11 is 0. The van der Waals surface area contributed by atoms with Crippen molar-refractivity contribution in [2.24, 2.45) is 17.8 Å². The van der Waals surface area contributed by atoms with Gasteiger partial charge in [0.1, 0.15) is 17.6 Å². The monoisotopic (exact) mass is 761 g/mol. The number of aromatic hydroxyl groups is 1. The van der Waals surface area contributed by atoms with E-state index in [1.54, 1.807) is 11.0 Å². The predicted octanol–water partition coefficient (Wildman–Crippen LogP) is 6.91. The van der Waals surface area contributed by atoms with Crippen LogP contribution in [0.3, 0.4) is 0 Å². The first kappa shape index (κ1) is 37.2. The van der Waals surface area contributed by atoms with E-state index in [2.05, 4.69) is 45.1 Å². The highest BCUT2D eigenvalue weighted by atomic mass is 19.1. The SMILES string of the molecule is Cc1cc(N2CCC(CN3CCN(c4ccc5c(c4)CN([C@H]4CCC(=O)NC4=O)C5=O)CC3)CC2)cc(F)c1[C@H]1c2ccc(O)cc2CC[C@H]1C1CCCCC1. The van der Waals surface area contributed by atoms with Gasteiger partial charge < -0.3 is 19.8 Å². The number of fused-ring (bicyclic) bond motifs is 2. The number of piperazine rings is 1. The molecule has 4 aliphatic heterocycles. The van der Waals surface area contributed by atoms with Crippen LogP contribution in [-0.4, -0.2) is 84.5 Å². The fourth-order valence-electron chi connectivity index (χ4n) is 11.3. The van der Waals surface area contributed by atoms with Gasteiger partial charge in [-0.3, -0.25) is 24.6 Å². The number of phenols is 1. The van der Waals surface area contributed by atoms with E-state index in [1.165, 1.54) is 43.2 Å². The standard InChI is InChI=1S/C46H56FN5O4/c1-29-23-35(26-40(47)43(29)44-37(31-5-3-2-4-6-31)10-7-32-25-36(53)9-12-38(32)44)50-17-15-30(16-18-50)27-49-19-21-51(22-20-49)34-8-11-39-33(24-34)28-52(46(39)56)41-13-14-42(54)48-45(41)55/h8-9,11-12,23-26,30-31,37,41,44,53H,2-7,10,13-22,27-28H2,1H3,(H,48,54,55)/t37-,41-,44+/m0/s1. The zero-order chi connectivity index (χ0) is 38.5. The summed E-state index contributed by atoms with van der Waals surface area (Å²) in [5.74, 6) is 1.14. The Balaban J connectivity index is 0.801. The number of nitrogens with one attached hydrogen (secondary N) is 1. The summed E-state index contributed by atoms with van der Waals surface area (Å²) < 4.78 is 16.6. The molecule has 10 heteroatoms. The Morgan fingerprint density at radius 1 is 0.768 bits per heavy atom. The van der Waals surface area contributed by atoms with Gasteiger partial charge in [0.15, 0.2) is 0 Å². The molecule has 0 aromatic heterocycles. The molecule has 56 heavy (non-hydrogen) atoms. The second kappa shape index (κ2) is 15.5. The molecule has 0 unspecified atom stereocenters. The molecule has 2 N–H and O–H groups in total. The van der Waals surface area contributed by atoms with Crippen molar-refractivity contribution in [3.05, 3.63) is 87.7 Å². The molecule has 3 atom stereocenters. The van der Waals surface area contributed by atoms with E-state index in [4.69, 9.17) is 0 Å². The first-order chi connectivity index (χ1) is 27.2. The average molecular weight is 762 g/mol. The van der Waals surface area contributed by atoms with Crippen molar-refractivity contribution in [1.29, 1.82) is 0 Å². The number of anilines is 2. The van der Waals surface area contributed by atoms with E-state index in [0.717, 1.165) is 99.6 Å². The second-order valence-corrected chi connectivity index (χ2v) is 17.6. The Morgan fingerprint density at radius 2 is 1.54 bits per heavy atom. The number of imide groups is 1. The van der Waals surface area contributed by atoms with E-state index < -0.39 is 6.04 Å². The van der Waals surface area contributed by atoms with Crippen LogP contribution in [0.4, 0.5) is 15.8 Å². The quantitative estimate of drug-likeness (QED) is 0.253. The highest BCUT2D eigenvalue weighted by Gasteiger charge is 2.41. The summed E-state index contributed by atoms with van der Waals surface area (Å²) in [5, 5.41) is 12.7.